The number of rotatable bonds is 5. The summed E-state index contributed by atoms with van der Waals surface area (Å²) in [5, 5.41) is 8.35. The third kappa shape index (κ3) is 4.01. The standard InChI is InChI=1S/C29H28P2/c1-2-20-15-16-21-9-3-5-11-24(21)28(20)29-23(18-17-22-10-4-6-12-25(22)29)19-31-27-14-8-7-13-26(27)30/h3-17,23,31H,2,18-19,30H2,1H3. The Morgan fingerprint density at radius 1 is 0.871 bits per heavy atom. The quantitative estimate of drug-likeness (QED) is 0.389. The molecule has 4 aromatic rings. The molecule has 0 radical (unpaired) electrons. The third-order valence-corrected chi connectivity index (χ3v) is 8.77. The Kier molecular flexibility index (Phi) is 6.04. The van der Waals surface area contributed by atoms with Crippen molar-refractivity contribution in [2.75, 3.05) is 6.16 Å². The zero-order chi connectivity index (χ0) is 21.2. The van der Waals surface area contributed by atoms with Crippen LogP contribution in [0, 0.1) is 5.92 Å². The summed E-state index contributed by atoms with van der Waals surface area (Å²) in [5.41, 5.74) is 4.50. The topological polar surface area (TPSA) is 0 Å². The molecule has 1 aliphatic carbocycles. The maximum atomic E-state index is 2.92. The lowest BCUT2D eigenvalue weighted by atomic mass is 9.81. The van der Waals surface area contributed by atoms with Crippen LogP contribution >= 0.6 is 17.8 Å². The van der Waals surface area contributed by atoms with Gasteiger partial charge in [-0.2, -0.15) is 0 Å². The summed E-state index contributed by atoms with van der Waals surface area (Å²) in [5.74, 6) is 0.536. The monoisotopic (exact) mass is 438 g/mol. The summed E-state index contributed by atoms with van der Waals surface area (Å²) in [6.45, 7) is 2.29. The van der Waals surface area contributed by atoms with Crippen LogP contribution in [-0.4, -0.2) is 6.16 Å². The molecule has 4 aromatic carbocycles. The molecule has 5 rings (SSSR count). The van der Waals surface area contributed by atoms with Crippen LogP contribution in [0.25, 0.3) is 22.4 Å². The van der Waals surface area contributed by atoms with Gasteiger partial charge < -0.3 is 0 Å². The molecule has 1 aliphatic rings. The van der Waals surface area contributed by atoms with Gasteiger partial charge in [-0.3, -0.25) is 0 Å². The SMILES string of the molecule is CCc1ccc2ccccc2c1C1=c2ccccc2=CCC1CPc1ccccc1P. The predicted octanol–water partition coefficient (Wildman–Crippen LogP) is 4.91. The maximum Gasteiger partial charge on any atom is -0.00747 e. The van der Waals surface area contributed by atoms with Gasteiger partial charge in [0, 0.05) is 0 Å². The van der Waals surface area contributed by atoms with Crippen molar-refractivity contribution in [3.63, 3.8) is 0 Å². The molecule has 0 heterocycles. The second-order valence-corrected chi connectivity index (χ2v) is 10.2. The predicted molar refractivity (Wildman–Crippen MR) is 143 cm³/mol. The van der Waals surface area contributed by atoms with E-state index in [2.05, 4.69) is 107 Å². The number of hydrogen-bond donors (Lipinski definition) is 0. The second kappa shape index (κ2) is 9.08. The molecule has 0 fully saturated rings. The molecule has 0 spiro atoms. The van der Waals surface area contributed by atoms with Crippen LogP contribution in [0.15, 0.2) is 84.9 Å². The highest BCUT2D eigenvalue weighted by molar-refractivity contribution is 7.49. The Morgan fingerprint density at radius 2 is 1.65 bits per heavy atom. The van der Waals surface area contributed by atoms with Crippen molar-refractivity contribution in [3.8, 4) is 0 Å². The highest BCUT2D eigenvalue weighted by Crippen LogP contribution is 2.36. The first-order valence-electron chi connectivity index (χ1n) is 11.1. The van der Waals surface area contributed by atoms with Gasteiger partial charge in [0.15, 0.2) is 0 Å². The van der Waals surface area contributed by atoms with Gasteiger partial charge in [-0.05, 0) is 73.4 Å². The molecule has 0 bridgehead atoms. The molecule has 0 aliphatic heterocycles. The number of fused-ring (bicyclic) bond motifs is 2. The zero-order valence-corrected chi connectivity index (χ0v) is 20.1. The summed E-state index contributed by atoms with van der Waals surface area (Å²) in [6.07, 6.45) is 5.82. The van der Waals surface area contributed by atoms with Crippen LogP contribution in [0.3, 0.4) is 0 Å². The highest BCUT2D eigenvalue weighted by Gasteiger charge is 2.23. The lowest BCUT2D eigenvalue weighted by Crippen LogP contribution is -2.34. The molecule has 2 heteroatoms. The van der Waals surface area contributed by atoms with Crippen LogP contribution in [0.2, 0.25) is 0 Å². The Balaban J connectivity index is 1.71. The summed E-state index contributed by atoms with van der Waals surface area (Å²) < 4.78 is 0. The summed E-state index contributed by atoms with van der Waals surface area (Å²) in [6, 6.07) is 31.3. The first-order chi connectivity index (χ1) is 15.3. The summed E-state index contributed by atoms with van der Waals surface area (Å²) in [7, 11) is 3.73. The van der Waals surface area contributed by atoms with E-state index >= 15 is 0 Å². The van der Waals surface area contributed by atoms with Gasteiger partial charge in [0.2, 0.25) is 0 Å². The van der Waals surface area contributed by atoms with Crippen LogP contribution in [0.4, 0.5) is 0 Å². The molecular formula is C29H28P2. The molecule has 0 amide bonds. The summed E-state index contributed by atoms with van der Waals surface area (Å²) in [4.78, 5) is 0. The minimum absolute atomic E-state index is 0.536. The van der Waals surface area contributed by atoms with E-state index in [0.29, 0.717) is 5.92 Å². The third-order valence-electron chi connectivity index (χ3n) is 6.45. The van der Waals surface area contributed by atoms with Gasteiger partial charge in [-0.1, -0.05) is 107 Å². The van der Waals surface area contributed by atoms with E-state index in [-0.39, 0.29) is 0 Å². The van der Waals surface area contributed by atoms with E-state index in [1.807, 2.05) is 0 Å². The molecule has 3 unspecified atom stereocenters. The Labute approximate surface area is 189 Å². The van der Waals surface area contributed by atoms with Gasteiger partial charge in [0.1, 0.15) is 0 Å². The largest absolute Gasteiger partial charge is 0.105 e. The normalized spacial score (nSPS) is 15.9. The molecule has 0 aromatic heterocycles. The van der Waals surface area contributed by atoms with Crippen LogP contribution in [0.5, 0.6) is 0 Å². The van der Waals surface area contributed by atoms with E-state index in [1.165, 1.54) is 49.1 Å². The van der Waals surface area contributed by atoms with E-state index in [1.54, 1.807) is 5.57 Å². The van der Waals surface area contributed by atoms with Crippen molar-refractivity contribution >= 4 is 50.9 Å². The van der Waals surface area contributed by atoms with E-state index < -0.39 is 0 Å². The van der Waals surface area contributed by atoms with Gasteiger partial charge in [-0.15, -0.1) is 9.24 Å². The smallest absolute Gasteiger partial charge is 0.00747 e. The average molecular weight is 438 g/mol. The van der Waals surface area contributed by atoms with Crippen molar-refractivity contribution in [3.05, 3.63) is 106 Å². The van der Waals surface area contributed by atoms with Crippen molar-refractivity contribution < 1.29 is 0 Å². The number of hydrogen-bond acceptors (Lipinski definition) is 0. The number of benzene rings is 4. The van der Waals surface area contributed by atoms with Crippen LogP contribution in [0.1, 0.15) is 24.5 Å². The van der Waals surface area contributed by atoms with E-state index in [0.717, 1.165) is 21.4 Å². The van der Waals surface area contributed by atoms with Gasteiger partial charge in [0.25, 0.3) is 0 Å². The minimum Gasteiger partial charge on any atom is -0.105 e. The molecule has 0 saturated heterocycles. The average Bonchev–Trinajstić information content (AvgIpc) is 2.82. The molecule has 3 atom stereocenters. The lowest BCUT2D eigenvalue weighted by molar-refractivity contribution is 0.785. The van der Waals surface area contributed by atoms with Gasteiger partial charge >= 0.3 is 0 Å². The Bertz CT molecular complexity index is 1370. The van der Waals surface area contributed by atoms with Crippen LogP contribution in [-0.2, 0) is 6.42 Å². The van der Waals surface area contributed by atoms with Crippen molar-refractivity contribution in [2.45, 2.75) is 19.8 Å². The Hall–Kier alpha value is -2.26. The summed E-state index contributed by atoms with van der Waals surface area (Å²) >= 11 is 0. The molecule has 31 heavy (non-hydrogen) atoms. The number of aryl methyl sites for hydroxylation is 1. The van der Waals surface area contributed by atoms with Crippen molar-refractivity contribution in [2.24, 2.45) is 5.92 Å². The fourth-order valence-electron chi connectivity index (χ4n) is 4.87. The van der Waals surface area contributed by atoms with Crippen molar-refractivity contribution in [1.82, 2.24) is 0 Å². The zero-order valence-electron chi connectivity index (χ0n) is 17.9. The molecular weight excluding hydrogens is 410 g/mol. The first-order valence-corrected chi connectivity index (χ1v) is 12.9. The first kappa shape index (κ1) is 20.6. The second-order valence-electron chi connectivity index (χ2n) is 8.28. The fraction of sp³-hybridized carbons (Fsp3) is 0.172. The van der Waals surface area contributed by atoms with Crippen molar-refractivity contribution in [1.29, 1.82) is 0 Å². The van der Waals surface area contributed by atoms with E-state index in [4.69, 9.17) is 0 Å². The molecule has 0 saturated carbocycles. The van der Waals surface area contributed by atoms with Crippen LogP contribution < -0.4 is 21.0 Å². The molecule has 0 nitrogen and oxygen atoms in total. The highest BCUT2D eigenvalue weighted by atomic mass is 31.1. The minimum atomic E-state index is 0.536. The lowest BCUT2D eigenvalue weighted by Gasteiger charge is -2.26. The van der Waals surface area contributed by atoms with Gasteiger partial charge in [-0.25, -0.2) is 0 Å². The Morgan fingerprint density at radius 3 is 2.52 bits per heavy atom. The van der Waals surface area contributed by atoms with E-state index in [9.17, 15) is 0 Å². The fourth-order valence-corrected chi connectivity index (χ4v) is 6.72. The van der Waals surface area contributed by atoms with Gasteiger partial charge in [0.05, 0.1) is 0 Å². The molecule has 154 valence electrons. The maximum absolute atomic E-state index is 2.92. The molecule has 0 N–H and O–H groups in total.